The summed E-state index contributed by atoms with van der Waals surface area (Å²) in [4.78, 5) is 25.4. The lowest BCUT2D eigenvalue weighted by molar-refractivity contribution is -0.260. The third-order valence-corrected chi connectivity index (χ3v) is 14.7. The summed E-state index contributed by atoms with van der Waals surface area (Å²) in [5.41, 5.74) is -0.796. The fraction of sp³-hybridized carbons (Fsp3) is 0.756. The number of rotatable bonds is 7. The van der Waals surface area contributed by atoms with Crippen molar-refractivity contribution >= 4 is 11.9 Å². The van der Waals surface area contributed by atoms with Crippen molar-refractivity contribution in [2.75, 3.05) is 13.2 Å². The second kappa shape index (κ2) is 12.8. The lowest BCUT2D eigenvalue weighted by Gasteiger charge is -2.72. The quantitative estimate of drug-likeness (QED) is 0.141. The molecular weight excluding hydrogens is 620 g/mol. The summed E-state index contributed by atoms with van der Waals surface area (Å²) in [7, 11) is 0. The molecule has 12 atom stereocenters. The molecule has 274 valence electrons. The molecule has 8 heteroatoms. The van der Waals surface area contributed by atoms with Gasteiger partial charge in [0.15, 0.2) is 0 Å². The van der Waals surface area contributed by atoms with Gasteiger partial charge in [0.1, 0.15) is 12.2 Å². The molecule has 0 radical (unpaired) electrons. The van der Waals surface area contributed by atoms with Crippen molar-refractivity contribution in [1.82, 2.24) is 0 Å². The Morgan fingerprint density at radius 1 is 0.898 bits per heavy atom. The molecule has 0 spiro atoms. The number of esters is 2. The monoisotopic (exact) mass is 682 g/mol. The Balaban J connectivity index is 1.55. The van der Waals surface area contributed by atoms with E-state index in [0.717, 1.165) is 36.8 Å². The average molecular weight is 683 g/mol. The smallest absolute Gasteiger partial charge is 0.331 e. The van der Waals surface area contributed by atoms with Gasteiger partial charge in [-0.1, -0.05) is 63.5 Å². The van der Waals surface area contributed by atoms with E-state index >= 15 is 0 Å². The third kappa shape index (κ3) is 5.53. The number of aliphatic hydroxyl groups is 4. The van der Waals surface area contributed by atoms with Gasteiger partial charge in [-0.25, -0.2) is 9.59 Å². The predicted octanol–water partition coefficient (Wildman–Crippen LogP) is 6.23. The van der Waals surface area contributed by atoms with Crippen LogP contribution in [0.25, 0.3) is 0 Å². The molecule has 0 saturated heterocycles. The molecule has 3 unspecified atom stereocenters. The fourth-order valence-corrected chi connectivity index (χ4v) is 11.9. The second-order valence-electron chi connectivity index (χ2n) is 18.3. The van der Waals surface area contributed by atoms with E-state index in [1.807, 2.05) is 41.5 Å². The van der Waals surface area contributed by atoms with Gasteiger partial charge in [0.05, 0.1) is 30.8 Å². The summed E-state index contributed by atoms with van der Waals surface area (Å²) in [5.74, 6) is -1.06. The van der Waals surface area contributed by atoms with Crippen LogP contribution in [0, 0.1) is 50.2 Å². The van der Waals surface area contributed by atoms with Crippen LogP contribution >= 0.6 is 0 Å². The third-order valence-electron chi connectivity index (χ3n) is 14.7. The van der Waals surface area contributed by atoms with E-state index in [1.54, 1.807) is 0 Å². The number of fused-ring (bicyclic) bond motifs is 7. The Kier molecular flexibility index (Phi) is 9.88. The molecule has 0 amide bonds. The zero-order valence-corrected chi connectivity index (χ0v) is 31.3. The molecule has 49 heavy (non-hydrogen) atoms. The molecule has 0 aromatic heterocycles. The number of ether oxygens (including phenoxy) is 2. The Labute approximate surface area is 293 Å². The Hall–Kier alpha value is -2.26. The molecule has 0 aromatic rings. The van der Waals surface area contributed by atoms with Crippen LogP contribution in [-0.2, 0) is 19.1 Å². The number of aliphatic hydroxyl groups excluding tert-OH is 4. The summed E-state index contributed by atoms with van der Waals surface area (Å²) < 4.78 is 11.7. The Bertz CT molecular complexity index is 1430. The summed E-state index contributed by atoms with van der Waals surface area (Å²) in [6.07, 6.45) is 8.18. The first-order chi connectivity index (χ1) is 22.7. The number of allylic oxidation sites excluding steroid dienone is 5. The summed E-state index contributed by atoms with van der Waals surface area (Å²) in [6.45, 7) is 22.2. The SMILES string of the molecule is C=C[C@]12CC[C@H](O)[C@](C)(COC(=O)C=C(C)C)C1CC[C@]1(C)C2CC=C2C3CC(C)(C)[C@@H](OC(=O)C=C(C)C)[C@H](O)[C@]3(CO)[C@H](O)C[C@]21C. The highest BCUT2D eigenvalue weighted by Crippen LogP contribution is 2.76. The van der Waals surface area contributed by atoms with E-state index < -0.39 is 64.6 Å². The maximum atomic E-state index is 12.8. The van der Waals surface area contributed by atoms with Crippen molar-refractivity contribution in [2.45, 2.75) is 132 Å². The molecule has 4 saturated carbocycles. The van der Waals surface area contributed by atoms with Gasteiger partial charge in [0.2, 0.25) is 0 Å². The molecule has 5 aliphatic rings. The highest BCUT2D eigenvalue weighted by atomic mass is 16.6. The Morgan fingerprint density at radius 3 is 2.12 bits per heavy atom. The van der Waals surface area contributed by atoms with Crippen molar-refractivity contribution in [1.29, 1.82) is 0 Å². The second-order valence-corrected chi connectivity index (χ2v) is 18.3. The van der Waals surface area contributed by atoms with E-state index in [9.17, 15) is 30.0 Å². The van der Waals surface area contributed by atoms with Crippen LogP contribution in [0.5, 0.6) is 0 Å². The summed E-state index contributed by atoms with van der Waals surface area (Å²) in [6, 6.07) is 0. The maximum absolute atomic E-state index is 12.8. The van der Waals surface area contributed by atoms with Crippen molar-refractivity contribution in [2.24, 2.45) is 50.2 Å². The van der Waals surface area contributed by atoms with Crippen LogP contribution in [0.4, 0.5) is 0 Å². The van der Waals surface area contributed by atoms with E-state index in [1.165, 1.54) is 17.7 Å². The largest absolute Gasteiger partial charge is 0.462 e. The van der Waals surface area contributed by atoms with Crippen LogP contribution in [0.3, 0.4) is 0 Å². The lowest BCUT2D eigenvalue weighted by atomic mass is 9.32. The van der Waals surface area contributed by atoms with Crippen molar-refractivity contribution in [3.05, 3.63) is 47.6 Å². The molecule has 5 aliphatic carbocycles. The van der Waals surface area contributed by atoms with Gasteiger partial charge in [-0.15, -0.1) is 6.58 Å². The summed E-state index contributed by atoms with van der Waals surface area (Å²) >= 11 is 0. The first-order valence-electron chi connectivity index (χ1n) is 18.4. The van der Waals surface area contributed by atoms with Crippen molar-refractivity contribution < 1.29 is 39.5 Å². The first kappa shape index (κ1) is 38.0. The van der Waals surface area contributed by atoms with Gasteiger partial charge in [0.25, 0.3) is 0 Å². The van der Waals surface area contributed by atoms with Crippen LogP contribution in [-0.4, -0.2) is 70.0 Å². The maximum Gasteiger partial charge on any atom is 0.331 e. The predicted molar refractivity (Wildman–Crippen MR) is 189 cm³/mol. The number of carbonyl (C=O) groups excluding carboxylic acids is 2. The first-order valence-corrected chi connectivity index (χ1v) is 18.4. The molecule has 4 fully saturated rings. The van der Waals surface area contributed by atoms with Crippen LogP contribution < -0.4 is 0 Å². The Morgan fingerprint density at radius 2 is 1.53 bits per heavy atom. The number of carbonyl (C=O) groups is 2. The molecular formula is C41H62O8. The van der Waals surface area contributed by atoms with Crippen molar-refractivity contribution in [3.8, 4) is 0 Å². The molecule has 8 nitrogen and oxygen atoms in total. The molecule has 0 bridgehead atoms. The van der Waals surface area contributed by atoms with Crippen LogP contribution in [0.15, 0.2) is 47.6 Å². The molecule has 0 aromatic carbocycles. The van der Waals surface area contributed by atoms with Crippen LogP contribution in [0.2, 0.25) is 0 Å². The fourth-order valence-electron chi connectivity index (χ4n) is 11.9. The van der Waals surface area contributed by atoms with Crippen molar-refractivity contribution in [3.63, 3.8) is 0 Å². The van der Waals surface area contributed by atoms with Gasteiger partial charge < -0.3 is 29.9 Å². The highest BCUT2D eigenvalue weighted by Gasteiger charge is 2.73. The molecule has 4 N–H and O–H groups in total. The minimum atomic E-state index is -1.28. The zero-order valence-electron chi connectivity index (χ0n) is 31.3. The van der Waals surface area contributed by atoms with Crippen LogP contribution in [0.1, 0.15) is 107 Å². The zero-order chi connectivity index (χ0) is 36.5. The molecule has 0 heterocycles. The lowest BCUT2D eigenvalue weighted by Crippen LogP contribution is -2.72. The minimum Gasteiger partial charge on any atom is -0.462 e. The molecule has 5 rings (SSSR count). The summed E-state index contributed by atoms with van der Waals surface area (Å²) in [5, 5.41) is 47.0. The molecule has 0 aliphatic heterocycles. The normalized spacial score (nSPS) is 45.2. The van der Waals surface area contributed by atoms with Gasteiger partial charge in [-0.05, 0) is 107 Å². The van der Waals surface area contributed by atoms with E-state index in [-0.39, 0.29) is 35.2 Å². The van der Waals surface area contributed by atoms with Gasteiger partial charge >= 0.3 is 11.9 Å². The highest BCUT2D eigenvalue weighted by molar-refractivity contribution is 5.83. The van der Waals surface area contributed by atoms with Gasteiger partial charge in [0, 0.05) is 23.0 Å². The number of hydrogen-bond acceptors (Lipinski definition) is 8. The average Bonchev–Trinajstić information content (AvgIpc) is 2.99. The standard InChI is InChI=1S/C41H62O8/c1-11-40-17-15-30(43)37(8,23-48-32(45)18-24(2)3)28(40)14-16-38(9)29(40)13-12-26-27-20-36(6,7)35(49-33(46)19-25(4)5)34(47)41(27,22-42)31(44)21-39(26,38)10/h11-12,18-19,27-31,34-35,42-44,47H,1,13-17,20-23H2,2-10H3/t27?,28?,29?,30-,31+,34-,35-,37+,38+,39+,40-,41-/m0/s1. The topological polar surface area (TPSA) is 134 Å². The van der Waals surface area contributed by atoms with E-state index in [4.69, 9.17) is 9.47 Å². The minimum absolute atomic E-state index is 0.0362. The van der Waals surface area contributed by atoms with Gasteiger partial charge in [-0.3, -0.25) is 0 Å². The van der Waals surface area contributed by atoms with E-state index in [0.29, 0.717) is 19.3 Å². The van der Waals surface area contributed by atoms with E-state index in [2.05, 4.69) is 39.5 Å². The number of hydrogen-bond donors (Lipinski definition) is 4. The van der Waals surface area contributed by atoms with Gasteiger partial charge in [-0.2, -0.15) is 0 Å².